The fourth-order valence-electron chi connectivity index (χ4n) is 2.96. The molecule has 1 aliphatic carbocycles. The van der Waals surface area contributed by atoms with Crippen molar-refractivity contribution in [2.75, 3.05) is 0 Å². The van der Waals surface area contributed by atoms with Crippen molar-refractivity contribution in [3.8, 4) is 0 Å². The van der Waals surface area contributed by atoms with Crippen molar-refractivity contribution in [2.24, 2.45) is 5.92 Å². The van der Waals surface area contributed by atoms with Gasteiger partial charge in [-0.1, -0.05) is 48.5 Å². The van der Waals surface area contributed by atoms with Gasteiger partial charge in [0.2, 0.25) is 0 Å². The Balaban J connectivity index is 1.86. The molecule has 2 aromatic carbocycles. The number of hydrogen-bond donors (Lipinski definition) is 1. The molecule has 0 aromatic heterocycles. The second-order valence-corrected chi connectivity index (χ2v) is 5.49. The van der Waals surface area contributed by atoms with Gasteiger partial charge in [-0.2, -0.15) is 0 Å². The lowest BCUT2D eigenvalue weighted by Crippen LogP contribution is -2.26. The molecule has 19 heavy (non-hydrogen) atoms. The van der Waals surface area contributed by atoms with E-state index in [0.717, 1.165) is 6.42 Å². The highest BCUT2D eigenvalue weighted by atomic mass is 19.1. The van der Waals surface area contributed by atoms with Gasteiger partial charge in [0.05, 0.1) is 5.60 Å². The van der Waals surface area contributed by atoms with Crippen LogP contribution in [0.1, 0.15) is 30.4 Å². The lowest BCUT2D eigenvalue weighted by atomic mass is 9.88. The maximum absolute atomic E-state index is 13.8. The Labute approximate surface area is 112 Å². The fourth-order valence-corrected chi connectivity index (χ4v) is 2.96. The zero-order chi connectivity index (χ0) is 13.5. The molecule has 0 bridgehead atoms. The summed E-state index contributed by atoms with van der Waals surface area (Å²) in [5, 5.41) is 10.7. The summed E-state index contributed by atoms with van der Waals surface area (Å²) in [5.74, 6) is 0.0915. The highest BCUT2D eigenvalue weighted by Gasteiger charge is 2.51. The second-order valence-electron chi connectivity index (χ2n) is 5.49. The van der Waals surface area contributed by atoms with Gasteiger partial charge in [-0.05, 0) is 36.8 Å². The van der Waals surface area contributed by atoms with E-state index >= 15 is 0 Å². The third-order valence-corrected chi connectivity index (χ3v) is 4.16. The van der Waals surface area contributed by atoms with E-state index in [1.165, 1.54) is 11.6 Å². The zero-order valence-corrected chi connectivity index (χ0v) is 10.9. The van der Waals surface area contributed by atoms with Crippen LogP contribution in [0, 0.1) is 11.7 Å². The van der Waals surface area contributed by atoms with E-state index < -0.39 is 5.60 Å². The average molecular weight is 256 g/mol. The molecule has 3 atom stereocenters. The first-order valence-electron chi connectivity index (χ1n) is 6.63. The molecule has 2 heteroatoms. The smallest absolute Gasteiger partial charge is 0.129 e. The maximum atomic E-state index is 13.8. The molecule has 1 N–H and O–H groups in total. The van der Waals surface area contributed by atoms with Gasteiger partial charge in [-0.25, -0.2) is 4.39 Å². The first kappa shape index (κ1) is 12.4. The van der Waals surface area contributed by atoms with Crippen LogP contribution in [0.5, 0.6) is 0 Å². The Morgan fingerprint density at radius 3 is 2.37 bits per heavy atom. The topological polar surface area (TPSA) is 20.2 Å². The van der Waals surface area contributed by atoms with Gasteiger partial charge in [0.25, 0.3) is 0 Å². The van der Waals surface area contributed by atoms with E-state index in [4.69, 9.17) is 0 Å². The van der Waals surface area contributed by atoms with Crippen molar-refractivity contribution >= 4 is 0 Å². The van der Waals surface area contributed by atoms with Crippen LogP contribution in [0.25, 0.3) is 0 Å². The van der Waals surface area contributed by atoms with Gasteiger partial charge >= 0.3 is 0 Å². The molecule has 3 rings (SSSR count). The number of aliphatic hydroxyl groups is 1. The summed E-state index contributed by atoms with van der Waals surface area (Å²) in [6, 6.07) is 16.6. The van der Waals surface area contributed by atoms with Crippen molar-refractivity contribution < 1.29 is 9.50 Å². The van der Waals surface area contributed by atoms with Crippen molar-refractivity contribution in [3.05, 3.63) is 71.5 Å². The fraction of sp³-hybridized carbons (Fsp3) is 0.294. The van der Waals surface area contributed by atoms with Crippen LogP contribution in [0.4, 0.5) is 4.39 Å². The molecule has 1 aliphatic rings. The van der Waals surface area contributed by atoms with Gasteiger partial charge < -0.3 is 5.11 Å². The Kier molecular flexibility index (Phi) is 2.90. The minimum Gasteiger partial charge on any atom is -0.385 e. The molecule has 98 valence electrons. The lowest BCUT2D eigenvalue weighted by molar-refractivity contribution is 0.0273. The van der Waals surface area contributed by atoms with Gasteiger partial charge in [0.15, 0.2) is 0 Å². The number of rotatable bonds is 3. The van der Waals surface area contributed by atoms with Crippen LogP contribution >= 0.6 is 0 Å². The Morgan fingerprint density at radius 2 is 1.68 bits per heavy atom. The SMILES string of the molecule is CC(O)(c1ccccc1F)C1CC1c1ccccc1. The van der Waals surface area contributed by atoms with E-state index in [1.54, 1.807) is 25.1 Å². The third kappa shape index (κ3) is 2.17. The van der Waals surface area contributed by atoms with E-state index in [-0.39, 0.29) is 11.7 Å². The molecular weight excluding hydrogens is 239 g/mol. The van der Waals surface area contributed by atoms with Crippen molar-refractivity contribution in [2.45, 2.75) is 24.9 Å². The predicted molar refractivity (Wildman–Crippen MR) is 73.3 cm³/mol. The molecule has 0 amide bonds. The first-order chi connectivity index (χ1) is 9.10. The highest BCUT2D eigenvalue weighted by molar-refractivity contribution is 5.33. The summed E-state index contributed by atoms with van der Waals surface area (Å²) in [4.78, 5) is 0. The molecule has 0 aliphatic heterocycles. The van der Waals surface area contributed by atoms with Crippen molar-refractivity contribution in [3.63, 3.8) is 0 Å². The molecule has 1 fully saturated rings. The molecule has 1 saturated carbocycles. The average Bonchev–Trinajstić information content (AvgIpc) is 3.21. The van der Waals surface area contributed by atoms with E-state index in [0.29, 0.717) is 11.5 Å². The molecule has 0 saturated heterocycles. The predicted octanol–water partition coefficient (Wildman–Crippen LogP) is 3.84. The van der Waals surface area contributed by atoms with Crippen LogP contribution in [0.3, 0.4) is 0 Å². The Morgan fingerprint density at radius 1 is 1.05 bits per heavy atom. The number of hydrogen-bond acceptors (Lipinski definition) is 1. The maximum Gasteiger partial charge on any atom is 0.129 e. The summed E-state index contributed by atoms with van der Waals surface area (Å²) in [7, 11) is 0. The molecule has 2 aromatic rings. The standard InChI is InChI=1S/C17H17FO/c1-17(19,14-9-5-6-10-16(14)18)15-11-13(15)12-7-3-2-4-8-12/h2-10,13,15,19H,11H2,1H3. The van der Waals surface area contributed by atoms with E-state index in [9.17, 15) is 9.50 Å². The highest BCUT2D eigenvalue weighted by Crippen LogP contribution is 2.56. The number of halogens is 1. The molecule has 0 spiro atoms. The summed E-state index contributed by atoms with van der Waals surface area (Å²) in [6.07, 6.45) is 0.908. The summed E-state index contributed by atoms with van der Waals surface area (Å²) in [5.41, 5.74) is 0.522. The van der Waals surface area contributed by atoms with Gasteiger partial charge in [-0.15, -0.1) is 0 Å². The Hall–Kier alpha value is -1.67. The summed E-state index contributed by atoms with van der Waals surface area (Å²) in [6.45, 7) is 1.72. The van der Waals surface area contributed by atoms with Gasteiger partial charge in [0, 0.05) is 5.56 Å². The van der Waals surface area contributed by atoms with Crippen LogP contribution in [0.2, 0.25) is 0 Å². The van der Waals surface area contributed by atoms with Crippen molar-refractivity contribution in [1.29, 1.82) is 0 Å². The first-order valence-corrected chi connectivity index (χ1v) is 6.63. The second kappa shape index (κ2) is 4.46. The minimum atomic E-state index is -1.11. The van der Waals surface area contributed by atoms with E-state index in [2.05, 4.69) is 12.1 Å². The quantitative estimate of drug-likeness (QED) is 0.884. The van der Waals surface area contributed by atoms with Crippen LogP contribution in [-0.4, -0.2) is 5.11 Å². The molecular formula is C17H17FO. The molecule has 1 nitrogen and oxygen atoms in total. The third-order valence-electron chi connectivity index (χ3n) is 4.16. The van der Waals surface area contributed by atoms with Crippen LogP contribution in [-0.2, 0) is 5.60 Å². The lowest BCUT2D eigenvalue weighted by Gasteiger charge is -2.25. The summed E-state index contributed by atoms with van der Waals surface area (Å²) < 4.78 is 13.8. The monoisotopic (exact) mass is 256 g/mol. The van der Waals surface area contributed by atoms with Crippen molar-refractivity contribution in [1.82, 2.24) is 0 Å². The van der Waals surface area contributed by atoms with Gasteiger partial charge in [-0.3, -0.25) is 0 Å². The molecule has 3 unspecified atom stereocenters. The zero-order valence-electron chi connectivity index (χ0n) is 10.9. The minimum absolute atomic E-state index is 0.0896. The summed E-state index contributed by atoms with van der Waals surface area (Å²) >= 11 is 0. The normalized spacial score (nSPS) is 24.8. The molecule has 0 heterocycles. The number of benzene rings is 2. The largest absolute Gasteiger partial charge is 0.385 e. The van der Waals surface area contributed by atoms with E-state index in [1.807, 2.05) is 18.2 Å². The van der Waals surface area contributed by atoms with Gasteiger partial charge in [0.1, 0.15) is 5.82 Å². The van der Waals surface area contributed by atoms with Crippen LogP contribution in [0.15, 0.2) is 54.6 Å². The molecule has 0 radical (unpaired) electrons. The van der Waals surface area contributed by atoms with Crippen LogP contribution < -0.4 is 0 Å². The Bertz CT molecular complexity index is 577.